The summed E-state index contributed by atoms with van der Waals surface area (Å²) in [6.45, 7) is 3.08. The number of nitrogens with zero attached hydrogens (tertiary/aromatic N) is 1. The summed E-state index contributed by atoms with van der Waals surface area (Å²) in [6, 6.07) is 0.162. The van der Waals surface area contributed by atoms with E-state index in [1.165, 1.54) is 13.0 Å². The summed E-state index contributed by atoms with van der Waals surface area (Å²) in [7, 11) is 0. The molecule has 0 aromatic carbocycles. The Balaban J connectivity index is 1.74. The number of rotatable bonds is 6. The molecule has 0 unspecified atom stereocenters. The smallest absolute Gasteiger partial charge is 0.322 e. The normalized spacial score (nSPS) is 18.1. The Kier molecular flexibility index (Phi) is 4.94. The van der Waals surface area contributed by atoms with Gasteiger partial charge in [0.25, 0.3) is 11.8 Å². The standard InChI is InChI=1S/C13H16N4O6/c1-6-5-9(17-23-6)15-11(19)7(2)22-10(18)4-3-8-12(20)16-13(21)14-8/h5,7-8H,3-4H2,1-2H3,(H,15,17,19)(H2,14,16,20,21)/t7-,8+/m1/s1. The zero-order chi connectivity index (χ0) is 17.0. The molecule has 0 spiro atoms. The van der Waals surface area contributed by atoms with Crippen LogP contribution in [-0.2, 0) is 19.1 Å². The van der Waals surface area contributed by atoms with Crippen molar-refractivity contribution in [1.82, 2.24) is 15.8 Å². The molecule has 124 valence electrons. The van der Waals surface area contributed by atoms with Gasteiger partial charge in [0.15, 0.2) is 11.9 Å². The molecule has 1 aromatic rings. The van der Waals surface area contributed by atoms with Crippen molar-refractivity contribution in [1.29, 1.82) is 0 Å². The minimum absolute atomic E-state index is 0.0905. The first kappa shape index (κ1) is 16.5. The predicted octanol–water partition coefficient (Wildman–Crippen LogP) is -0.159. The van der Waals surface area contributed by atoms with Crippen molar-refractivity contribution in [3.05, 3.63) is 11.8 Å². The van der Waals surface area contributed by atoms with Crippen LogP contribution in [0.25, 0.3) is 0 Å². The summed E-state index contributed by atoms with van der Waals surface area (Å²) in [5, 5.41) is 10.4. The van der Waals surface area contributed by atoms with Crippen LogP contribution in [0.15, 0.2) is 10.6 Å². The number of urea groups is 1. The third-order valence-electron chi connectivity index (χ3n) is 3.05. The number of esters is 1. The summed E-state index contributed by atoms with van der Waals surface area (Å²) in [5.74, 6) is -0.950. The maximum atomic E-state index is 11.8. The highest BCUT2D eigenvalue weighted by Gasteiger charge is 2.30. The third kappa shape index (κ3) is 4.53. The summed E-state index contributed by atoms with van der Waals surface area (Å²) in [4.78, 5) is 45.7. The fourth-order valence-corrected chi connectivity index (χ4v) is 1.89. The van der Waals surface area contributed by atoms with Gasteiger partial charge >= 0.3 is 12.0 Å². The molecule has 2 heterocycles. The van der Waals surface area contributed by atoms with Gasteiger partial charge in [0, 0.05) is 12.5 Å². The fraction of sp³-hybridized carbons (Fsp3) is 0.462. The van der Waals surface area contributed by atoms with E-state index in [1.807, 2.05) is 0 Å². The lowest BCUT2D eigenvalue weighted by atomic mass is 10.1. The van der Waals surface area contributed by atoms with Crippen LogP contribution in [0, 0.1) is 6.92 Å². The molecule has 0 radical (unpaired) electrons. The van der Waals surface area contributed by atoms with Gasteiger partial charge in [-0.05, 0) is 20.3 Å². The molecular weight excluding hydrogens is 308 g/mol. The Morgan fingerprint density at radius 2 is 2.22 bits per heavy atom. The molecule has 0 saturated carbocycles. The molecular formula is C13H16N4O6. The number of hydrogen-bond acceptors (Lipinski definition) is 7. The first-order chi connectivity index (χ1) is 10.8. The van der Waals surface area contributed by atoms with E-state index >= 15 is 0 Å². The molecule has 0 aliphatic carbocycles. The SMILES string of the molecule is Cc1cc(NC(=O)[C@@H](C)OC(=O)CC[C@@H]2NC(=O)NC2=O)no1. The fourth-order valence-electron chi connectivity index (χ4n) is 1.89. The first-order valence-corrected chi connectivity index (χ1v) is 6.90. The van der Waals surface area contributed by atoms with Crippen LogP contribution >= 0.6 is 0 Å². The monoisotopic (exact) mass is 324 g/mol. The molecule has 2 atom stereocenters. The Hall–Kier alpha value is -2.91. The molecule has 23 heavy (non-hydrogen) atoms. The van der Waals surface area contributed by atoms with Gasteiger partial charge in [0.2, 0.25) is 0 Å². The molecule has 0 bridgehead atoms. The first-order valence-electron chi connectivity index (χ1n) is 6.90. The number of hydrogen-bond donors (Lipinski definition) is 3. The molecule has 1 aromatic heterocycles. The number of anilines is 1. The van der Waals surface area contributed by atoms with Gasteiger partial charge in [-0.15, -0.1) is 0 Å². The highest BCUT2D eigenvalue weighted by Crippen LogP contribution is 2.09. The van der Waals surface area contributed by atoms with Gasteiger partial charge in [0.1, 0.15) is 11.8 Å². The quantitative estimate of drug-likeness (QED) is 0.488. The van der Waals surface area contributed by atoms with Gasteiger partial charge in [-0.25, -0.2) is 4.79 Å². The maximum Gasteiger partial charge on any atom is 0.322 e. The summed E-state index contributed by atoms with van der Waals surface area (Å²) in [6.07, 6.45) is -1.06. The molecule has 1 aliphatic rings. The Morgan fingerprint density at radius 1 is 1.48 bits per heavy atom. The van der Waals surface area contributed by atoms with Crippen molar-refractivity contribution >= 4 is 29.6 Å². The van der Waals surface area contributed by atoms with Crippen molar-refractivity contribution in [2.24, 2.45) is 0 Å². The van der Waals surface area contributed by atoms with Crippen molar-refractivity contribution < 1.29 is 28.4 Å². The van der Waals surface area contributed by atoms with E-state index in [1.54, 1.807) is 6.92 Å². The van der Waals surface area contributed by atoms with Gasteiger partial charge in [-0.2, -0.15) is 0 Å². The molecule has 1 saturated heterocycles. The second kappa shape index (κ2) is 6.90. The lowest BCUT2D eigenvalue weighted by Crippen LogP contribution is -2.32. The summed E-state index contributed by atoms with van der Waals surface area (Å²) < 4.78 is 9.75. The average Bonchev–Trinajstić information content (AvgIpc) is 3.01. The highest BCUT2D eigenvalue weighted by atomic mass is 16.5. The van der Waals surface area contributed by atoms with Crippen molar-refractivity contribution in [3.63, 3.8) is 0 Å². The van der Waals surface area contributed by atoms with Crippen LogP contribution in [0.5, 0.6) is 0 Å². The number of amides is 4. The highest BCUT2D eigenvalue weighted by molar-refractivity contribution is 6.04. The maximum absolute atomic E-state index is 11.8. The molecule has 1 aliphatic heterocycles. The average molecular weight is 324 g/mol. The Morgan fingerprint density at radius 3 is 2.78 bits per heavy atom. The number of aromatic nitrogens is 1. The van der Waals surface area contributed by atoms with E-state index in [9.17, 15) is 19.2 Å². The third-order valence-corrected chi connectivity index (χ3v) is 3.05. The lowest BCUT2D eigenvalue weighted by molar-refractivity contribution is -0.153. The Labute approximate surface area is 130 Å². The van der Waals surface area contributed by atoms with E-state index in [0.717, 1.165) is 0 Å². The molecule has 10 nitrogen and oxygen atoms in total. The molecule has 10 heteroatoms. The van der Waals surface area contributed by atoms with Crippen LogP contribution in [0.4, 0.5) is 10.6 Å². The number of aryl methyl sites for hydroxylation is 1. The van der Waals surface area contributed by atoms with E-state index in [4.69, 9.17) is 9.26 Å². The zero-order valence-electron chi connectivity index (χ0n) is 12.5. The minimum Gasteiger partial charge on any atom is -0.453 e. The van der Waals surface area contributed by atoms with Gasteiger partial charge < -0.3 is 19.9 Å². The summed E-state index contributed by atoms with van der Waals surface area (Å²) >= 11 is 0. The van der Waals surface area contributed by atoms with E-state index in [2.05, 4.69) is 21.1 Å². The lowest BCUT2D eigenvalue weighted by Gasteiger charge is -2.13. The van der Waals surface area contributed by atoms with Crippen LogP contribution in [-0.4, -0.2) is 41.1 Å². The second-order valence-electron chi connectivity index (χ2n) is 5.00. The number of ether oxygens (including phenoxy) is 1. The molecule has 1 fully saturated rings. The largest absolute Gasteiger partial charge is 0.453 e. The number of carbonyl (C=O) groups is 4. The topological polar surface area (TPSA) is 140 Å². The summed E-state index contributed by atoms with van der Waals surface area (Å²) in [5.41, 5.74) is 0. The van der Waals surface area contributed by atoms with Gasteiger partial charge in [0.05, 0.1) is 0 Å². The predicted molar refractivity (Wildman–Crippen MR) is 75.1 cm³/mol. The zero-order valence-corrected chi connectivity index (χ0v) is 12.5. The van der Waals surface area contributed by atoms with E-state index in [-0.39, 0.29) is 18.7 Å². The van der Waals surface area contributed by atoms with E-state index < -0.39 is 36.0 Å². The van der Waals surface area contributed by atoms with Crippen molar-refractivity contribution in [2.75, 3.05) is 5.32 Å². The van der Waals surface area contributed by atoms with Gasteiger partial charge in [-0.1, -0.05) is 5.16 Å². The molecule has 3 N–H and O–H groups in total. The van der Waals surface area contributed by atoms with Crippen LogP contribution in [0.1, 0.15) is 25.5 Å². The molecule has 4 amide bonds. The van der Waals surface area contributed by atoms with Crippen molar-refractivity contribution in [2.45, 2.75) is 38.8 Å². The van der Waals surface area contributed by atoms with Crippen LogP contribution in [0.3, 0.4) is 0 Å². The van der Waals surface area contributed by atoms with Crippen molar-refractivity contribution in [3.8, 4) is 0 Å². The van der Waals surface area contributed by atoms with Crippen LogP contribution < -0.4 is 16.0 Å². The number of imide groups is 1. The van der Waals surface area contributed by atoms with E-state index in [0.29, 0.717) is 5.76 Å². The number of nitrogens with one attached hydrogen (secondary N) is 3. The molecule has 2 rings (SSSR count). The minimum atomic E-state index is -1.04. The second-order valence-corrected chi connectivity index (χ2v) is 5.00. The van der Waals surface area contributed by atoms with Gasteiger partial charge in [-0.3, -0.25) is 19.7 Å². The Bertz CT molecular complexity index is 640. The van der Waals surface area contributed by atoms with Crippen LogP contribution in [0.2, 0.25) is 0 Å². The number of carbonyl (C=O) groups excluding carboxylic acids is 4.